The number of alkyl halides is 2. The molecule has 1 heterocycles. The van der Waals surface area contributed by atoms with Gasteiger partial charge in [0.15, 0.2) is 11.5 Å². The number of nitrogens with one attached hydrogen (secondary N) is 1. The van der Waals surface area contributed by atoms with Crippen molar-refractivity contribution < 1.29 is 27.8 Å². The zero-order valence-electron chi connectivity index (χ0n) is 14.0. The molecule has 3 rings (SSSR count). The van der Waals surface area contributed by atoms with Crippen molar-refractivity contribution in [1.82, 2.24) is 5.32 Å². The lowest BCUT2D eigenvalue weighted by atomic mass is 10.1. The number of para-hydroxylation sites is 1. The molecule has 0 spiro atoms. The normalized spacial score (nSPS) is 12.7. The molecule has 0 bridgehead atoms. The summed E-state index contributed by atoms with van der Waals surface area (Å²) in [7, 11) is 0. The third-order valence-corrected chi connectivity index (χ3v) is 3.91. The molecule has 5 nitrogen and oxygen atoms in total. The van der Waals surface area contributed by atoms with Gasteiger partial charge in [0.05, 0.1) is 0 Å². The van der Waals surface area contributed by atoms with Crippen molar-refractivity contribution in [3.05, 3.63) is 53.6 Å². The van der Waals surface area contributed by atoms with Crippen LogP contribution < -0.4 is 19.5 Å². The molecule has 0 fully saturated rings. The molecule has 1 aliphatic rings. The Morgan fingerprint density at radius 3 is 2.69 bits per heavy atom. The fraction of sp³-hybridized carbons (Fsp3) is 0.316. The number of hydrogen-bond donors (Lipinski definition) is 1. The van der Waals surface area contributed by atoms with Crippen LogP contribution in [0.1, 0.15) is 17.5 Å². The van der Waals surface area contributed by atoms with Gasteiger partial charge in [-0.3, -0.25) is 4.79 Å². The van der Waals surface area contributed by atoms with E-state index < -0.39 is 6.61 Å². The Morgan fingerprint density at radius 1 is 1.12 bits per heavy atom. The lowest BCUT2D eigenvalue weighted by molar-refractivity contribution is -0.121. The average Bonchev–Trinajstić information content (AvgIpc) is 2.65. The molecule has 7 heteroatoms. The fourth-order valence-corrected chi connectivity index (χ4v) is 2.64. The van der Waals surface area contributed by atoms with E-state index in [-0.39, 0.29) is 24.6 Å². The molecular formula is C19H19F2NO4. The number of ether oxygens (including phenoxy) is 3. The summed E-state index contributed by atoms with van der Waals surface area (Å²) in [4.78, 5) is 12.1. The molecular weight excluding hydrogens is 344 g/mol. The van der Waals surface area contributed by atoms with E-state index in [1.807, 2.05) is 18.2 Å². The van der Waals surface area contributed by atoms with Gasteiger partial charge in [0.1, 0.15) is 19.0 Å². The van der Waals surface area contributed by atoms with Crippen LogP contribution in [0.15, 0.2) is 42.5 Å². The maximum absolute atomic E-state index is 12.4. The van der Waals surface area contributed by atoms with Crippen LogP contribution in [0.5, 0.6) is 17.2 Å². The highest BCUT2D eigenvalue weighted by Gasteiger charge is 2.13. The van der Waals surface area contributed by atoms with Gasteiger partial charge < -0.3 is 19.5 Å². The lowest BCUT2D eigenvalue weighted by Crippen LogP contribution is -2.23. The van der Waals surface area contributed by atoms with Crippen molar-refractivity contribution in [3.8, 4) is 17.2 Å². The molecule has 0 saturated carbocycles. The van der Waals surface area contributed by atoms with Crippen molar-refractivity contribution in [2.24, 2.45) is 0 Å². The van der Waals surface area contributed by atoms with Crippen LogP contribution in [0, 0.1) is 0 Å². The van der Waals surface area contributed by atoms with Crippen LogP contribution in [-0.4, -0.2) is 25.7 Å². The highest BCUT2D eigenvalue weighted by molar-refractivity contribution is 5.76. The predicted octanol–water partition coefficient (Wildman–Crippen LogP) is 3.31. The number of aryl methyl sites for hydroxylation is 1. The second-order valence-electron chi connectivity index (χ2n) is 5.74. The molecule has 1 aliphatic heterocycles. The Morgan fingerprint density at radius 2 is 1.88 bits per heavy atom. The first-order chi connectivity index (χ1) is 12.6. The minimum absolute atomic E-state index is 0.0645. The molecule has 0 saturated heterocycles. The standard InChI is InChI=1S/C19H19F2NO4/c20-19(21)26-15-4-2-1-3-14(15)12-22-18(23)8-6-13-5-7-16-17(11-13)25-10-9-24-16/h1-5,7,11,19H,6,8-10,12H2,(H,22,23). The summed E-state index contributed by atoms with van der Waals surface area (Å²) in [6, 6.07) is 12.0. The van der Waals surface area contributed by atoms with E-state index in [4.69, 9.17) is 9.47 Å². The van der Waals surface area contributed by atoms with Crippen molar-refractivity contribution in [1.29, 1.82) is 0 Å². The van der Waals surface area contributed by atoms with Crippen LogP contribution in [0.4, 0.5) is 8.78 Å². The monoisotopic (exact) mass is 363 g/mol. The van der Waals surface area contributed by atoms with Gasteiger partial charge in [-0.2, -0.15) is 8.78 Å². The summed E-state index contributed by atoms with van der Waals surface area (Å²) in [5.74, 6) is 1.29. The molecule has 0 radical (unpaired) electrons. The molecule has 138 valence electrons. The molecule has 0 aromatic heterocycles. The maximum Gasteiger partial charge on any atom is 0.387 e. The van der Waals surface area contributed by atoms with E-state index in [0.29, 0.717) is 36.7 Å². The minimum atomic E-state index is -2.90. The molecule has 1 N–H and O–H groups in total. The highest BCUT2D eigenvalue weighted by Crippen LogP contribution is 2.31. The number of hydrogen-bond acceptors (Lipinski definition) is 4. The summed E-state index contributed by atoms with van der Waals surface area (Å²) in [6.07, 6.45) is 0.815. The molecule has 1 amide bonds. The van der Waals surface area contributed by atoms with Crippen LogP contribution in [0.2, 0.25) is 0 Å². The molecule has 0 aliphatic carbocycles. The van der Waals surface area contributed by atoms with Gasteiger partial charge in [0, 0.05) is 18.5 Å². The maximum atomic E-state index is 12.4. The minimum Gasteiger partial charge on any atom is -0.486 e. The first-order valence-electron chi connectivity index (χ1n) is 8.30. The number of carbonyl (C=O) groups excluding carboxylic acids is 1. The van der Waals surface area contributed by atoms with Crippen LogP contribution in [-0.2, 0) is 17.8 Å². The predicted molar refractivity (Wildman–Crippen MR) is 90.7 cm³/mol. The topological polar surface area (TPSA) is 56.8 Å². The van der Waals surface area contributed by atoms with Gasteiger partial charge in [-0.15, -0.1) is 0 Å². The first-order valence-corrected chi connectivity index (χ1v) is 8.30. The second-order valence-corrected chi connectivity index (χ2v) is 5.74. The molecule has 26 heavy (non-hydrogen) atoms. The van der Waals surface area contributed by atoms with Gasteiger partial charge in [0.2, 0.25) is 5.91 Å². The zero-order chi connectivity index (χ0) is 18.4. The number of amides is 1. The highest BCUT2D eigenvalue weighted by atomic mass is 19.3. The van der Waals surface area contributed by atoms with E-state index in [2.05, 4.69) is 10.1 Å². The fourth-order valence-electron chi connectivity index (χ4n) is 2.64. The van der Waals surface area contributed by atoms with Gasteiger partial charge in [0.25, 0.3) is 0 Å². The average molecular weight is 363 g/mol. The van der Waals surface area contributed by atoms with Crippen LogP contribution in [0.25, 0.3) is 0 Å². The lowest BCUT2D eigenvalue weighted by Gasteiger charge is -2.18. The molecule has 0 unspecified atom stereocenters. The zero-order valence-corrected chi connectivity index (χ0v) is 14.0. The smallest absolute Gasteiger partial charge is 0.387 e. The Kier molecular flexibility index (Phi) is 5.88. The molecule has 0 atom stereocenters. The third kappa shape index (κ3) is 4.84. The third-order valence-electron chi connectivity index (χ3n) is 3.91. The summed E-state index contributed by atoms with van der Waals surface area (Å²) >= 11 is 0. The number of rotatable bonds is 7. The SMILES string of the molecule is O=C(CCc1ccc2c(c1)OCCO2)NCc1ccccc1OC(F)F. The molecule has 2 aromatic carbocycles. The van der Waals surface area contributed by atoms with E-state index >= 15 is 0 Å². The van der Waals surface area contributed by atoms with E-state index in [9.17, 15) is 13.6 Å². The van der Waals surface area contributed by atoms with E-state index in [0.717, 1.165) is 5.56 Å². The first kappa shape index (κ1) is 18.0. The quantitative estimate of drug-likeness (QED) is 0.820. The number of benzene rings is 2. The Bertz CT molecular complexity index is 767. The Hall–Kier alpha value is -2.83. The Balaban J connectivity index is 1.51. The summed E-state index contributed by atoms with van der Waals surface area (Å²) < 4.78 is 40.2. The number of halogens is 2. The summed E-state index contributed by atoms with van der Waals surface area (Å²) in [6.45, 7) is -1.73. The van der Waals surface area contributed by atoms with Crippen molar-refractivity contribution in [2.75, 3.05) is 13.2 Å². The van der Waals surface area contributed by atoms with Crippen molar-refractivity contribution >= 4 is 5.91 Å². The molecule has 2 aromatic rings. The summed E-state index contributed by atoms with van der Waals surface area (Å²) in [5.41, 5.74) is 1.46. The summed E-state index contributed by atoms with van der Waals surface area (Å²) in [5, 5.41) is 2.73. The van der Waals surface area contributed by atoms with E-state index in [1.165, 1.54) is 6.07 Å². The largest absolute Gasteiger partial charge is 0.486 e. The van der Waals surface area contributed by atoms with Gasteiger partial charge in [-0.25, -0.2) is 0 Å². The van der Waals surface area contributed by atoms with Crippen molar-refractivity contribution in [3.63, 3.8) is 0 Å². The van der Waals surface area contributed by atoms with Gasteiger partial charge in [-0.05, 0) is 30.2 Å². The van der Waals surface area contributed by atoms with E-state index in [1.54, 1.807) is 18.2 Å². The van der Waals surface area contributed by atoms with Crippen LogP contribution >= 0.6 is 0 Å². The Labute approximate surface area is 149 Å². The number of fused-ring (bicyclic) bond motifs is 1. The number of carbonyl (C=O) groups is 1. The van der Waals surface area contributed by atoms with Gasteiger partial charge in [-0.1, -0.05) is 24.3 Å². The van der Waals surface area contributed by atoms with Crippen molar-refractivity contribution in [2.45, 2.75) is 26.0 Å². The second kappa shape index (κ2) is 8.51. The van der Waals surface area contributed by atoms with Crippen LogP contribution in [0.3, 0.4) is 0 Å². The van der Waals surface area contributed by atoms with Gasteiger partial charge >= 0.3 is 6.61 Å².